The molecule has 1 amide bonds. The molecule has 0 aromatic carbocycles. The van der Waals surface area contributed by atoms with Crippen LogP contribution in [0.2, 0.25) is 0 Å². The van der Waals surface area contributed by atoms with Crippen LogP contribution in [-0.4, -0.2) is 67.7 Å². The van der Waals surface area contributed by atoms with Gasteiger partial charge in [0.15, 0.2) is 0 Å². The van der Waals surface area contributed by atoms with Gasteiger partial charge < -0.3 is 15.4 Å². The highest BCUT2D eigenvalue weighted by Crippen LogP contribution is 2.15. The number of carbonyl (C=O) groups excluding carboxylic acids is 1. The maximum Gasteiger partial charge on any atom is 0.226 e. The Balaban J connectivity index is 1.78. The van der Waals surface area contributed by atoms with E-state index in [-0.39, 0.29) is 11.8 Å². The van der Waals surface area contributed by atoms with Gasteiger partial charge in [0.25, 0.3) is 0 Å². The van der Waals surface area contributed by atoms with Gasteiger partial charge in [-0.05, 0) is 25.8 Å². The fourth-order valence-corrected chi connectivity index (χ4v) is 2.86. The molecule has 5 heteroatoms. The van der Waals surface area contributed by atoms with Gasteiger partial charge in [0.05, 0.1) is 6.10 Å². The second kappa shape index (κ2) is 7.22. The first-order chi connectivity index (χ1) is 9.20. The average Bonchev–Trinajstić information content (AvgIpc) is 2.82. The van der Waals surface area contributed by atoms with E-state index in [0.29, 0.717) is 12.6 Å². The maximum atomic E-state index is 12.1. The summed E-state index contributed by atoms with van der Waals surface area (Å²) in [6.07, 6.45) is 3.83. The summed E-state index contributed by atoms with van der Waals surface area (Å²) in [4.78, 5) is 16.6. The van der Waals surface area contributed by atoms with Gasteiger partial charge in [-0.25, -0.2) is 0 Å². The zero-order chi connectivity index (χ0) is 13.7. The van der Waals surface area contributed by atoms with Crippen LogP contribution in [-0.2, 0) is 9.53 Å². The lowest BCUT2D eigenvalue weighted by atomic mass is 10.1. The second-order valence-electron chi connectivity index (χ2n) is 5.75. The third-order valence-electron chi connectivity index (χ3n) is 4.16. The van der Waals surface area contributed by atoms with Crippen molar-refractivity contribution < 1.29 is 9.53 Å². The normalized spacial score (nSPS) is 27.3. The lowest BCUT2D eigenvalue weighted by Gasteiger charge is -2.25. The molecule has 110 valence electrons. The van der Waals surface area contributed by atoms with E-state index in [2.05, 4.69) is 4.90 Å². The van der Waals surface area contributed by atoms with E-state index in [4.69, 9.17) is 10.5 Å². The van der Waals surface area contributed by atoms with Gasteiger partial charge in [-0.1, -0.05) is 6.92 Å². The first-order valence-electron chi connectivity index (χ1n) is 7.53. The zero-order valence-corrected chi connectivity index (χ0v) is 12.0. The molecule has 2 aliphatic heterocycles. The Kier molecular flexibility index (Phi) is 5.60. The Morgan fingerprint density at radius 1 is 1.32 bits per heavy atom. The summed E-state index contributed by atoms with van der Waals surface area (Å²) in [7, 11) is 0. The minimum absolute atomic E-state index is 0.0512. The SMILES string of the molecule is CC(CN)C(=O)N1CCCN(CC2CCCO2)CC1. The first kappa shape index (κ1) is 14.8. The van der Waals surface area contributed by atoms with Crippen LogP contribution in [0.4, 0.5) is 0 Å². The second-order valence-corrected chi connectivity index (χ2v) is 5.75. The molecule has 2 fully saturated rings. The van der Waals surface area contributed by atoms with Crippen LogP contribution in [0.5, 0.6) is 0 Å². The molecule has 2 rings (SSSR count). The Morgan fingerprint density at radius 3 is 2.84 bits per heavy atom. The molecule has 0 radical (unpaired) electrons. The quantitative estimate of drug-likeness (QED) is 0.797. The van der Waals surface area contributed by atoms with Crippen LogP contribution in [0.25, 0.3) is 0 Å². The molecule has 2 atom stereocenters. The number of amides is 1. The Bertz CT molecular complexity index is 292. The molecule has 2 unspecified atom stereocenters. The molecule has 2 heterocycles. The summed E-state index contributed by atoms with van der Waals surface area (Å²) in [6.45, 7) is 8.02. The molecule has 0 saturated carbocycles. The maximum absolute atomic E-state index is 12.1. The summed E-state index contributed by atoms with van der Waals surface area (Å²) < 4.78 is 5.69. The van der Waals surface area contributed by atoms with E-state index < -0.39 is 0 Å². The summed E-state index contributed by atoms with van der Waals surface area (Å²) in [6, 6.07) is 0. The highest BCUT2D eigenvalue weighted by Gasteiger charge is 2.24. The third-order valence-corrected chi connectivity index (χ3v) is 4.16. The number of ether oxygens (including phenoxy) is 1. The van der Waals surface area contributed by atoms with E-state index in [1.165, 1.54) is 12.8 Å². The minimum atomic E-state index is -0.0512. The van der Waals surface area contributed by atoms with Crippen molar-refractivity contribution in [2.75, 3.05) is 45.9 Å². The minimum Gasteiger partial charge on any atom is -0.377 e. The molecule has 19 heavy (non-hydrogen) atoms. The molecule has 2 N–H and O–H groups in total. The zero-order valence-electron chi connectivity index (χ0n) is 12.0. The summed E-state index contributed by atoms with van der Waals surface area (Å²) >= 11 is 0. The molecule has 0 aromatic heterocycles. The molecular formula is C14H27N3O2. The van der Waals surface area contributed by atoms with Crippen LogP contribution < -0.4 is 5.73 Å². The Labute approximate surface area is 116 Å². The molecular weight excluding hydrogens is 242 g/mol. The topological polar surface area (TPSA) is 58.8 Å². The van der Waals surface area contributed by atoms with Crippen LogP contribution in [0.15, 0.2) is 0 Å². The van der Waals surface area contributed by atoms with Crippen molar-refractivity contribution in [1.29, 1.82) is 0 Å². The number of rotatable bonds is 4. The van der Waals surface area contributed by atoms with E-state index in [9.17, 15) is 4.79 Å². The van der Waals surface area contributed by atoms with Gasteiger partial charge in [-0.2, -0.15) is 0 Å². The van der Waals surface area contributed by atoms with Gasteiger partial charge in [0, 0.05) is 45.2 Å². The molecule has 0 aliphatic carbocycles. The van der Waals surface area contributed by atoms with Crippen molar-refractivity contribution in [2.45, 2.75) is 32.3 Å². The van der Waals surface area contributed by atoms with Crippen molar-refractivity contribution in [2.24, 2.45) is 11.7 Å². The molecule has 0 bridgehead atoms. The van der Waals surface area contributed by atoms with Crippen molar-refractivity contribution in [3.05, 3.63) is 0 Å². The predicted octanol–water partition coefficient (Wildman–Crippen LogP) is 0.295. The third kappa shape index (κ3) is 4.16. The fourth-order valence-electron chi connectivity index (χ4n) is 2.86. The highest BCUT2D eigenvalue weighted by molar-refractivity contribution is 5.78. The number of hydrogen-bond acceptors (Lipinski definition) is 4. The summed E-state index contributed by atoms with van der Waals surface area (Å²) in [5, 5.41) is 0. The van der Waals surface area contributed by atoms with E-state index in [1.807, 2.05) is 11.8 Å². The standard InChI is InChI=1S/C14H27N3O2/c1-12(10-15)14(18)17-6-3-5-16(7-8-17)11-13-4-2-9-19-13/h12-13H,2-11,15H2,1H3. The molecule has 2 aliphatic rings. The molecule has 0 spiro atoms. The van der Waals surface area contributed by atoms with E-state index >= 15 is 0 Å². The largest absolute Gasteiger partial charge is 0.377 e. The van der Waals surface area contributed by atoms with Gasteiger partial charge in [0.1, 0.15) is 0 Å². The van der Waals surface area contributed by atoms with Crippen molar-refractivity contribution in [1.82, 2.24) is 9.80 Å². The first-order valence-corrected chi connectivity index (χ1v) is 7.53. The Morgan fingerprint density at radius 2 is 2.16 bits per heavy atom. The number of hydrogen-bond donors (Lipinski definition) is 1. The average molecular weight is 269 g/mol. The highest BCUT2D eigenvalue weighted by atomic mass is 16.5. The van der Waals surface area contributed by atoms with Gasteiger partial charge in [0.2, 0.25) is 5.91 Å². The smallest absolute Gasteiger partial charge is 0.226 e. The number of carbonyl (C=O) groups is 1. The lowest BCUT2D eigenvalue weighted by Crippen LogP contribution is -2.41. The molecule has 0 aromatic rings. The van der Waals surface area contributed by atoms with E-state index in [1.54, 1.807) is 0 Å². The summed E-state index contributed by atoms with van der Waals surface area (Å²) in [5.74, 6) is 0.159. The van der Waals surface area contributed by atoms with Crippen molar-refractivity contribution in [3.63, 3.8) is 0 Å². The van der Waals surface area contributed by atoms with Crippen LogP contribution in [0.1, 0.15) is 26.2 Å². The van der Waals surface area contributed by atoms with Gasteiger partial charge in [-0.15, -0.1) is 0 Å². The Hall–Kier alpha value is -0.650. The van der Waals surface area contributed by atoms with E-state index in [0.717, 1.165) is 45.8 Å². The van der Waals surface area contributed by atoms with Gasteiger partial charge in [-0.3, -0.25) is 9.69 Å². The van der Waals surface area contributed by atoms with Crippen molar-refractivity contribution in [3.8, 4) is 0 Å². The summed E-state index contributed by atoms with van der Waals surface area (Å²) in [5.41, 5.74) is 5.58. The molecule has 2 saturated heterocycles. The van der Waals surface area contributed by atoms with Crippen LogP contribution in [0, 0.1) is 5.92 Å². The fraction of sp³-hybridized carbons (Fsp3) is 0.929. The monoisotopic (exact) mass is 269 g/mol. The predicted molar refractivity (Wildman–Crippen MR) is 74.8 cm³/mol. The lowest BCUT2D eigenvalue weighted by molar-refractivity contribution is -0.134. The number of nitrogens with zero attached hydrogens (tertiary/aromatic N) is 2. The van der Waals surface area contributed by atoms with Crippen LogP contribution in [0.3, 0.4) is 0 Å². The molecule has 5 nitrogen and oxygen atoms in total. The van der Waals surface area contributed by atoms with Crippen LogP contribution >= 0.6 is 0 Å². The van der Waals surface area contributed by atoms with Crippen molar-refractivity contribution >= 4 is 5.91 Å². The number of nitrogens with two attached hydrogens (primary N) is 1. The van der Waals surface area contributed by atoms with Gasteiger partial charge >= 0.3 is 0 Å².